The summed E-state index contributed by atoms with van der Waals surface area (Å²) < 4.78 is 0. The van der Waals surface area contributed by atoms with Gasteiger partial charge in [-0.2, -0.15) is 0 Å². The second-order valence-corrected chi connectivity index (χ2v) is 6.02. The van der Waals surface area contributed by atoms with Crippen LogP contribution in [0, 0.1) is 0 Å². The minimum absolute atomic E-state index is 0.118. The maximum absolute atomic E-state index is 12.7. The maximum Gasteiger partial charge on any atom is 0.259 e. The summed E-state index contributed by atoms with van der Waals surface area (Å²) in [5, 5.41) is 15.4. The molecule has 0 atom stereocenters. The van der Waals surface area contributed by atoms with Crippen molar-refractivity contribution in [2.45, 2.75) is 13.3 Å². The zero-order chi connectivity index (χ0) is 19.2. The maximum atomic E-state index is 12.7. The summed E-state index contributed by atoms with van der Waals surface area (Å²) >= 11 is 0. The molecule has 5 nitrogen and oxygen atoms in total. The molecule has 0 saturated heterocycles. The number of hydrogen-bond acceptors (Lipinski definition) is 3. The number of rotatable bonds is 5. The van der Waals surface area contributed by atoms with Crippen LogP contribution >= 0.6 is 0 Å². The van der Waals surface area contributed by atoms with Gasteiger partial charge in [0.1, 0.15) is 5.75 Å². The molecule has 27 heavy (non-hydrogen) atoms. The molecule has 5 heteroatoms. The van der Waals surface area contributed by atoms with Crippen LogP contribution in [0.3, 0.4) is 0 Å². The molecule has 0 fully saturated rings. The van der Waals surface area contributed by atoms with Crippen LogP contribution < -0.4 is 10.6 Å². The fraction of sp³-hybridized carbons (Fsp3) is 0.0909. The van der Waals surface area contributed by atoms with Crippen molar-refractivity contribution >= 4 is 23.2 Å². The topological polar surface area (TPSA) is 78.4 Å². The summed E-state index contributed by atoms with van der Waals surface area (Å²) in [6, 6.07) is 20.6. The van der Waals surface area contributed by atoms with Crippen LogP contribution in [0.4, 0.5) is 11.4 Å². The smallest absolute Gasteiger partial charge is 0.259 e. The van der Waals surface area contributed by atoms with Crippen molar-refractivity contribution in [1.29, 1.82) is 0 Å². The van der Waals surface area contributed by atoms with Crippen LogP contribution in [0.1, 0.15) is 33.2 Å². The van der Waals surface area contributed by atoms with Crippen molar-refractivity contribution in [1.82, 2.24) is 0 Å². The monoisotopic (exact) mass is 360 g/mol. The quantitative estimate of drug-likeness (QED) is 0.628. The Hall–Kier alpha value is -3.60. The van der Waals surface area contributed by atoms with Crippen molar-refractivity contribution in [2.75, 3.05) is 10.6 Å². The average Bonchev–Trinajstić information content (AvgIpc) is 2.69. The average molecular weight is 360 g/mol. The fourth-order valence-electron chi connectivity index (χ4n) is 2.67. The SMILES string of the molecule is CCc1ccc(NC(=O)c2ccccc2NC(=O)c2ccccc2O)cc1. The number of carbonyl (C=O) groups is 2. The summed E-state index contributed by atoms with van der Waals surface area (Å²) in [6.07, 6.45) is 0.926. The molecule has 3 aromatic carbocycles. The first-order chi connectivity index (χ1) is 13.1. The van der Waals surface area contributed by atoms with E-state index in [1.165, 1.54) is 17.7 Å². The summed E-state index contributed by atoms with van der Waals surface area (Å²) in [6.45, 7) is 2.07. The van der Waals surface area contributed by atoms with Gasteiger partial charge in [0, 0.05) is 5.69 Å². The molecule has 0 radical (unpaired) electrons. The number of amides is 2. The Morgan fingerprint density at radius 2 is 1.37 bits per heavy atom. The molecule has 2 amide bonds. The summed E-state index contributed by atoms with van der Waals surface area (Å²) in [5.74, 6) is -0.930. The lowest BCUT2D eigenvalue weighted by Crippen LogP contribution is -2.18. The molecule has 0 aromatic heterocycles. The first kappa shape index (κ1) is 18.2. The Morgan fingerprint density at radius 3 is 2.04 bits per heavy atom. The van der Waals surface area contributed by atoms with Gasteiger partial charge in [-0.3, -0.25) is 9.59 Å². The highest BCUT2D eigenvalue weighted by atomic mass is 16.3. The first-order valence-corrected chi connectivity index (χ1v) is 8.67. The number of phenolic OH excluding ortho intramolecular Hbond substituents is 1. The van der Waals surface area contributed by atoms with Gasteiger partial charge < -0.3 is 15.7 Å². The van der Waals surface area contributed by atoms with E-state index in [1.807, 2.05) is 24.3 Å². The Kier molecular flexibility index (Phi) is 5.52. The number of aromatic hydroxyl groups is 1. The number of hydrogen-bond donors (Lipinski definition) is 3. The first-order valence-electron chi connectivity index (χ1n) is 8.67. The van der Waals surface area contributed by atoms with Gasteiger partial charge in [0.2, 0.25) is 0 Å². The zero-order valence-corrected chi connectivity index (χ0v) is 14.9. The molecular weight excluding hydrogens is 340 g/mol. The number of benzene rings is 3. The lowest BCUT2D eigenvalue weighted by molar-refractivity contribution is 0.102. The van der Waals surface area contributed by atoms with E-state index >= 15 is 0 Å². The highest BCUT2D eigenvalue weighted by molar-refractivity contribution is 6.13. The van der Waals surface area contributed by atoms with Gasteiger partial charge in [0.05, 0.1) is 16.8 Å². The van der Waals surface area contributed by atoms with Crippen LogP contribution in [0.25, 0.3) is 0 Å². The van der Waals surface area contributed by atoms with E-state index in [0.717, 1.165) is 6.42 Å². The van der Waals surface area contributed by atoms with Gasteiger partial charge >= 0.3 is 0 Å². The third-order valence-corrected chi connectivity index (χ3v) is 4.19. The fourth-order valence-corrected chi connectivity index (χ4v) is 2.67. The summed E-state index contributed by atoms with van der Waals surface area (Å²) in [4.78, 5) is 25.1. The molecule has 0 aliphatic heterocycles. The van der Waals surface area contributed by atoms with Gasteiger partial charge in [0.25, 0.3) is 11.8 Å². The number of phenols is 1. The largest absolute Gasteiger partial charge is 0.507 e. The Balaban J connectivity index is 1.79. The Morgan fingerprint density at radius 1 is 0.778 bits per heavy atom. The number of anilines is 2. The van der Waals surface area contributed by atoms with E-state index in [1.54, 1.807) is 36.4 Å². The predicted molar refractivity (Wildman–Crippen MR) is 106 cm³/mol. The molecule has 0 bridgehead atoms. The van der Waals surface area contributed by atoms with Crippen molar-refractivity contribution in [3.8, 4) is 5.75 Å². The lowest BCUT2D eigenvalue weighted by Gasteiger charge is -2.12. The minimum atomic E-state index is -0.486. The van der Waals surface area contributed by atoms with Crippen molar-refractivity contribution < 1.29 is 14.7 Å². The second kappa shape index (κ2) is 8.19. The van der Waals surface area contributed by atoms with Crippen LogP contribution in [0.15, 0.2) is 72.8 Å². The highest BCUT2D eigenvalue weighted by Crippen LogP contribution is 2.21. The molecule has 0 saturated carbocycles. The second-order valence-electron chi connectivity index (χ2n) is 6.02. The number of para-hydroxylation sites is 2. The molecule has 3 N–H and O–H groups in total. The molecule has 0 heterocycles. The summed E-state index contributed by atoms with van der Waals surface area (Å²) in [5.41, 5.74) is 2.71. The van der Waals surface area contributed by atoms with Crippen LogP contribution in [0.5, 0.6) is 5.75 Å². The van der Waals surface area contributed by atoms with Crippen molar-refractivity contribution in [2.24, 2.45) is 0 Å². The normalized spacial score (nSPS) is 10.3. The number of carbonyl (C=O) groups excluding carboxylic acids is 2. The van der Waals surface area contributed by atoms with E-state index < -0.39 is 5.91 Å². The number of aryl methyl sites for hydroxylation is 1. The van der Waals surface area contributed by atoms with Gasteiger partial charge in [-0.1, -0.05) is 43.3 Å². The molecular formula is C22H20N2O3. The zero-order valence-electron chi connectivity index (χ0n) is 14.9. The van der Waals surface area contributed by atoms with Crippen LogP contribution in [0.2, 0.25) is 0 Å². The van der Waals surface area contributed by atoms with Gasteiger partial charge in [-0.15, -0.1) is 0 Å². The van der Waals surface area contributed by atoms with Crippen LogP contribution in [-0.4, -0.2) is 16.9 Å². The van der Waals surface area contributed by atoms with E-state index in [2.05, 4.69) is 17.6 Å². The molecule has 3 rings (SSSR count). The molecule has 3 aromatic rings. The molecule has 0 aliphatic carbocycles. The van der Waals surface area contributed by atoms with Gasteiger partial charge in [0.15, 0.2) is 0 Å². The van der Waals surface area contributed by atoms with E-state index in [0.29, 0.717) is 16.9 Å². The molecule has 0 unspecified atom stereocenters. The van der Waals surface area contributed by atoms with E-state index in [-0.39, 0.29) is 17.2 Å². The summed E-state index contributed by atoms with van der Waals surface area (Å²) in [7, 11) is 0. The number of nitrogens with one attached hydrogen (secondary N) is 2. The predicted octanol–water partition coefficient (Wildman–Crippen LogP) is 4.46. The Labute approximate surface area is 157 Å². The standard InChI is InChI=1S/C22H20N2O3/c1-2-15-11-13-16(14-12-15)23-21(26)17-7-3-5-9-19(17)24-22(27)18-8-4-6-10-20(18)25/h3-14,25H,2H2,1H3,(H,23,26)(H,24,27). The van der Waals surface area contributed by atoms with Crippen molar-refractivity contribution in [3.63, 3.8) is 0 Å². The highest BCUT2D eigenvalue weighted by Gasteiger charge is 2.16. The lowest BCUT2D eigenvalue weighted by atomic mass is 10.1. The van der Waals surface area contributed by atoms with Gasteiger partial charge in [-0.25, -0.2) is 0 Å². The third-order valence-electron chi connectivity index (χ3n) is 4.19. The van der Waals surface area contributed by atoms with E-state index in [4.69, 9.17) is 0 Å². The van der Waals surface area contributed by atoms with E-state index in [9.17, 15) is 14.7 Å². The minimum Gasteiger partial charge on any atom is -0.507 e. The third kappa shape index (κ3) is 4.33. The molecule has 136 valence electrons. The molecule has 0 spiro atoms. The Bertz CT molecular complexity index is 965. The van der Waals surface area contributed by atoms with Crippen LogP contribution in [-0.2, 0) is 6.42 Å². The molecule has 0 aliphatic rings. The van der Waals surface area contributed by atoms with Gasteiger partial charge in [-0.05, 0) is 48.4 Å². The van der Waals surface area contributed by atoms with Crippen molar-refractivity contribution in [3.05, 3.63) is 89.5 Å².